The zero-order valence-corrected chi connectivity index (χ0v) is 17.2. The average molecular weight is 384 g/mol. The molecule has 0 radical (unpaired) electrons. The number of nitriles is 2. The molecule has 0 unspecified atom stereocenters. The number of ether oxygens (including phenoxy) is 1. The molecule has 0 aliphatic carbocycles. The Kier molecular flexibility index (Phi) is 7.77. The zero-order chi connectivity index (χ0) is 21.2. The lowest BCUT2D eigenvalue weighted by atomic mass is 10.1. The predicted octanol–water partition coefficient (Wildman–Crippen LogP) is 5.87. The molecule has 3 aromatic rings. The maximum absolute atomic E-state index is 9.05. The summed E-state index contributed by atoms with van der Waals surface area (Å²) in [4.78, 5) is 4.45. The molecule has 0 saturated carbocycles. The van der Waals surface area contributed by atoms with Gasteiger partial charge in [-0.05, 0) is 61.9 Å². The van der Waals surface area contributed by atoms with Crippen LogP contribution in [0.1, 0.15) is 41.8 Å². The Balaban J connectivity index is 0.00000145. The van der Waals surface area contributed by atoms with E-state index < -0.39 is 0 Å². The number of benzene rings is 2. The summed E-state index contributed by atoms with van der Waals surface area (Å²) in [5.74, 6) is 1.31. The van der Waals surface area contributed by atoms with Gasteiger partial charge in [0.2, 0.25) is 0 Å². The summed E-state index contributed by atoms with van der Waals surface area (Å²) in [7, 11) is 0. The molecule has 5 nitrogen and oxygen atoms in total. The SMILES string of the molecule is CC.Cc1ncc(CNc2ccc(C#N)cc2)c(C)c1Oc1cccc(C#N)c1. The van der Waals surface area contributed by atoms with Crippen LogP contribution in [0.4, 0.5) is 5.69 Å². The molecule has 1 aromatic heterocycles. The van der Waals surface area contributed by atoms with Gasteiger partial charge in [-0.3, -0.25) is 4.98 Å². The van der Waals surface area contributed by atoms with Crippen LogP contribution in [0.2, 0.25) is 0 Å². The fourth-order valence-electron chi connectivity index (χ4n) is 2.68. The number of rotatable bonds is 5. The molecule has 3 rings (SSSR count). The third-order valence-corrected chi connectivity index (χ3v) is 4.24. The van der Waals surface area contributed by atoms with Crippen molar-refractivity contribution in [3.63, 3.8) is 0 Å². The molecule has 1 heterocycles. The van der Waals surface area contributed by atoms with Gasteiger partial charge in [0.1, 0.15) is 5.75 Å². The van der Waals surface area contributed by atoms with Gasteiger partial charge < -0.3 is 10.1 Å². The van der Waals surface area contributed by atoms with E-state index in [1.54, 1.807) is 30.3 Å². The second kappa shape index (κ2) is 10.5. The summed E-state index contributed by atoms with van der Waals surface area (Å²) in [6.07, 6.45) is 1.83. The molecule has 0 atom stereocenters. The second-order valence-electron chi connectivity index (χ2n) is 6.11. The summed E-state index contributed by atoms with van der Waals surface area (Å²) in [5.41, 5.74) is 4.90. The van der Waals surface area contributed by atoms with E-state index in [9.17, 15) is 0 Å². The molecule has 0 aliphatic heterocycles. The van der Waals surface area contributed by atoms with Crippen LogP contribution in [0.15, 0.2) is 54.7 Å². The Bertz CT molecular complexity index is 1040. The molecule has 146 valence electrons. The van der Waals surface area contributed by atoms with Crippen molar-refractivity contribution in [3.8, 4) is 23.6 Å². The highest BCUT2D eigenvalue weighted by Gasteiger charge is 2.12. The van der Waals surface area contributed by atoms with Gasteiger partial charge in [0.15, 0.2) is 5.75 Å². The molecule has 0 fully saturated rings. The first-order valence-corrected chi connectivity index (χ1v) is 9.48. The van der Waals surface area contributed by atoms with Crippen LogP contribution in [-0.2, 0) is 6.54 Å². The maximum atomic E-state index is 9.05. The summed E-state index contributed by atoms with van der Waals surface area (Å²) < 4.78 is 6.03. The van der Waals surface area contributed by atoms with Gasteiger partial charge in [-0.1, -0.05) is 19.9 Å². The quantitative estimate of drug-likeness (QED) is 0.594. The van der Waals surface area contributed by atoms with E-state index in [1.165, 1.54) is 0 Å². The Morgan fingerprint density at radius 3 is 2.31 bits per heavy atom. The van der Waals surface area contributed by atoms with Crippen molar-refractivity contribution in [2.24, 2.45) is 0 Å². The lowest BCUT2D eigenvalue weighted by Gasteiger charge is -2.15. The average Bonchev–Trinajstić information content (AvgIpc) is 2.78. The highest BCUT2D eigenvalue weighted by atomic mass is 16.5. The Morgan fingerprint density at radius 1 is 0.966 bits per heavy atom. The van der Waals surface area contributed by atoms with Crippen LogP contribution in [0.3, 0.4) is 0 Å². The molecule has 29 heavy (non-hydrogen) atoms. The van der Waals surface area contributed by atoms with Gasteiger partial charge in [-0.2, -0.15) is 10.5 Å². The van der Waals surface area contributed by atoms with E-state index in [0.29, 0.717) is 29.2 Å². The molecule has 5 heteroatoms. The van der Waals surface area contributed by atoms with E-state index in [-0.39, 0.29) is 0 Å². The number of nitrogens with zero attached hydrogens (tertiary/aromatic N) is 3. The number of pyridine rings is 1. The molecular formula is C24H24N4O. The lowest BCUT2D eigenvalue weighted by Crippen LogP contribution is -2.05. The van der Waals surface area contributed by atoms with Gasteiger partial charge in [0.05, 0.1) is 29.0 Å². The van der Waals surface area contributed by atoms with E-state index in [1.807, 2.05) is 52.1 Å². The first-order valence-electron chi connectivity index (χ1n) is 9.48. The normalized spacial score (nSPS) is 9.45. The van der Waals surface area contributed by atoms with Crippen LogP contribution >= 0.6 is 0 Å². The number of hydrogen-bond donors (Lipinski definition) is 1. The van der Waals surface area contributed by atoms with Crippen LogP contribution in [0.25, 0.3) is 0 Å². The minimum atomic E-state index is 0.550. The zero-order valence-electron chi connectivity index (χ0n) is 17.2. The van der Waals surface area contributed by atoms with Crippen LogP contribution in [0.5, 0.6) is 11.5 Å². The fourth-order valence-corrected chi connectivity index (χ4v) is 2.68. The van der Waals surface area contributed by atoms with Crippen molar-refractivity contribution in [3.05, 3.63) is 82.7 Å². The Labute approximate surface area is 172 Å². The van der Waals surface area contributed by atoms with E-state index in [4.69, 9.17) is 15.3 Å². The third-order valence-electron chi connectivity index (χ3n) is 4.24. The molecule has 0 aliphatic rings. The number of nitrogens with one attached hydrogen (secondary N) is 1. The third kappa shape index (κ3) is 5.57. The molecule has 0 saturated heterocycles. The van der Waals surface area contributed by atoms with E-state index in [0.717, 1.165) is 22.5 Å². The van der Waals surface area contributed by atoms with Gasteiger partial charge in [0, 0.05) is 24.0 Å². The summed E-state index contributed by atoms with van der Waals surface area (Å²) in [6.45, 7) is 8.47. The summed E-state index contributed by atoms with van der Waals surface area (Å²) in [5, 5.41) is 21.3. The molecule has 0 bridgehead atoms. The van der Waals surface area contributed by atoms with Crippen LogP contribution in [0, 0.1) is 36.5 Å². The van der Waals surface area contributed by atoms with Crippen molar-refractivity contribution < 1.29 is 4.74 Å². The van der Waals surface area contributed by atoms with E-state index >= 15 is 0 Å². The lowest BCUT2D eigenvalue weighted by molar-refractivity contribution is 0.470. The Hall–Kier alpha value is -3.83. The first-order chi connectivity index (χ1) is 14.1. The van der Waals surface area contributed by atoms with Gasteiger partial charge >= 0.3 is 0 Å². The standard InChI is InChI=1S/C22H18N4O.C2H6/c1-15-19(14-26-20-8-6-17(11-23)7-9-20)13-25-16(2)22(15)27-21-5-3-4-18(10-21)12-24;1-2/h3-10,13,26H,14H2,1-2H3;1-2H3. The van der Waals surface area contributed by atoms with Crippen molar-refractivity contribution in [2.45, 2.75) is 34.2 Å². The van der Waals surface area contributed by atoms with Crippen molar-refractivity contribution in [1.29, 1.82) is 10.5 Å². The van der Waals surface area contributed by atoms with Gasteiger partial charge in [0.25, 0.3) is 0 Å². The van der Waals surface area contributed by atoms with Gasteiger partial charge in [-0.15, -0.1) is 0 Å². The first kappa shape index (κ1) is 21.5. The molecular weight excluding hydrogens is 360 g/mol. The predicted molar refractivity (Wildman–Crippen MR) is 115 cm³/mol. The highest BCUT2D eigenvalue weighted by molar-refractivity contribution is 5.50. The van der Waals surface area contributed by atoms with Crippen molar-refractivity contribution in [2.75, 3.05) is 5.32 Å². The topological polar surface area (TPSA) is 81.7 Å². The minimum Gasteiger partial charge on any atom is -0.455 e. The van der Waals surface area contributed by atoms with Crippen LogP contribution in [-0.4, -0.2) is 4.98 Å². The highest BCUT2D eigenvalue weighted by Crippen LogP contribution is 2.30. The summed E-state index contributed by atoms with van der Waals surface area (Å²) in [6, 6.07) is 18.6. The Morgan fingerprint density at radius 2 is 1.66 bits per heavy atom. The maximum Gasteiger partial charge on any atom is 0.151 e. The fraction of sp³-hybridized carbons (Fsp3) is 0.208. The smallest absolute Gasteiger partial charge is 0.151 e. The number of anilines is 1. The van der Waals surface area contributed by atoms with Crippen molar-refractivity contribution in [1.82, 2.24) is 4.98 Å². The monoisotopic (exact) mass is 384 g/mol. The number of aryl methyl sites for hydroxylation is 1. The molecule has 2 aromatic carbocycles. The number of aromatic nitrogens is 1. The van der Waals surface area contributed by atoms with E-state index in [2.05, 4.69) is 22.4 Å². The molecule has 0 spiro atoms. The second-order valence-corrected chi connectivity index (χ2v) is 6.11. The largest absolute Gasteiger partial charge is 0.455 e. The minimum absolute atomic E-state index is 0.550. The van der Waals surface area contributed by atoms with Gasteiger partial charge in [-0.25, -0.2) is 0 Å². The van der Waals surface area contributed by atoms with Crippen molar-refractivity contribution >= 4 is 5.69 Å². The summed E-state index contributed by atoms with van der Waals surface area (Å²) >= 11 is 0. The number of hydrogen-bond acceptors (Lipinski definition) is 5. The molecule has 0 amide bonds. The molecule has 1 N–H and O–H groups in total. The van der Waals surface area contributed by atoms with Crippen LogP contribution < -0.4 is 10.1 Å².